The van der Waals surface area contributed by atoms with Crippen molar-refractivity contribution in [2.75, 3.05) is 27.4 Å². The van der Waals surface area contributed by atoms with E-state index in [0.717, 1.165) is 12.7 Å². The number of alkyl carbamates (subject to hydrolysis) is 1. The maximum Gasteiger partial charge on any atom is 0.408 e. The summed E-state index contributed by atoms with van der Waals surface area (Å²) >= 11 is 0. The Bertz CT molecular complexity index is 1860. The zero-order valence-electron chi connectivity index (χ0n) is 39.5. The van der Waals surface area contributed by atoms with E-state index in [-0.39, 0.29) is 51.9 Å². The molecule has 2 aliphatic heterocycles. The zero-order valence-corrected chi connectivity index (χ0v) is 40.5. The molecule has 23 heteroatoms. The highest BCUT2D eigenvalue weighted by Crippen LogP contribution is 2.35. The van der Waals surface area contributed by atoms with Crippen LogP contribution in [0.3, 0.4) is 0 Å². The van der Waals surface area contributed by atoms with Crippen molar-refractivity contribution >= 4 is 49.8 Å². The Kier molecular flexibility index (Phi) is 21.8. The van der Waals surface area contributed by atoms with E-state index in [4.69, 9.17) is 37.9 Å². The van der Waals surface area contributed by atoms with Crippen molar-refractivity contribution in [1.29, 1.82) is 0 Å². The number of ether oxygens (including phenoxy) is 8. The van der Waals surface area contributed by atoms with Crippen LogP contribution in [-0.2, 0) is 73.3 Å². The van der Waals surface area contributed by atoms with Crippen LogP contribution in [0.2, 0.25) is 25.7 Å². The first kappa shape index (κ1) is 55.0. The van der Waals surface area contributed by atoms with Gasteiger partial charge < -0.3 is 59.2 Å². The van der Waals surface area contributed by atoms with Crippen molar-refractivity contribution < 1.29 is 71.5 Å². The Morgan fingerprint density at radius 1 is 0.848 bits per heavy atom. The largest absolute Gasteiger partial charge is 0.467 e. The number of azide groups is 1. The van der Waals surface area contributed by atoms with Crippen LogP contribution in [0.1, 0.15) is 72.3 Å². The van der Waals surface area contributed by atoms with Crippen LogP contribution in [0.4, 0.5) is 4.79 Å². The summed E-state index contributed by atoms with van der Waals surface area (Å²) in [6, 6.07) is 4.15. The van der Waals surface area contributed by atoms with Gasteiger partial charge in [-0.1, -0.05) is 55.1 Å². The number of hydrogen-bond donors (Lipinski definition) is 4. The van der Waals surface area contributed by atoms with Gasteiger partial charge >= 0.3 is 24.0 Å². The van der Waals surface area contributed by atoms with Crippen molar-refractivity contribution in [2.24, 2.45) is 5.11 Å². The molecular formula is C43H67N7O15Si. The van der Waals surface area contributed by atoms with E-state index in [2.05, 4.69) is 50.9 Å². The molecule has 4 N–H and O–H groups in total. The molecule has 0 aliphatic carbocycles. The summed E-state index contributed by atoms with van der Waals surface area (Å²) in [5, 5.41) is 14.0. The third-order valence-corrected chi connectivity index (χ3v) is 12.0. The second-order valence-electron chi connectivity index (χ2n) is 18.2. The van der Waals surface area contributed by atoms with Gasteiger partial charge in [-0.3, -0.25) is 14.4 Å². The quantitative estimate of drug-likeness (QED) is 0.0273. The molecule has 2 aliphatic rings. The highest BCUT2D eigenvalue weighted by atomic mass is 28.3. The number of nitrogens with zero attached hydrogens (tertiary/aromatic N) is 3. The fourth-order valence-corrected chi connectivity index (χ4v) is 7.47. The van der Waals surface area contributed by atoms with Crippen molar-refractivity contribution in [2.45, 2.75) is 166 Å². The number of methoxy groups -OCH3 is 2. The molecular weight excluding hydrogens is 883 g/mol. The Hall–Kier alpha value is -5.32. The number of fused-ring (bicyclic) bond motifs is 2. The summed E-state index contributed by atoms with van der Waals surface area (Å²) in [4.78, 5) is 94.1. The molecule has 3 rings (SSSR count). The molecule has 2 saturated heterocycles. The molecule has 2 bridgehead atoms. The SMILES string of the molecule is COC(=O)[C@H](CCC[C@H](NC(=O)CC[C@@H](NC(=O)[C@H](C)NC(=O)[C@@H](C)O[C@@H]1[C@@H](N=[N+]=[N-])[C@H]2OC[C@@H](O2)[C@H]1OCc1ccccc1)C(=O)OC)C(=O)OCC[Si](C)(C)C)NC(=O)OC(C)(C)C. The standard InChI is InChI=1S/C43H67N7O15Si/c1-25(45-37(53)26(2)63-35-33(49-50-44)41-62-24-31(64-41)34(35)61-23-27-15-12-11-13-16-27)36(52)47-30(39(55)59-7)19-20-32(51)46-29(40(56)60-21-22-66(8,9)10)18-14-17-28(38(54)58-6)48-42(57)65-43(3,4)5/h11-13,15-16,25-26,28-31,33-35,41H,14,17-24H2,1-10H3,(H,45,53)(H,46,51)(H,47,52)(H,48,57)/t25-,26+,28-,29-,30+,31+,33+,34+,35+,41-/m0/s1. The first-order valence-electron chi connectivity index (χ1n) is 21.9. The molecule has 2 fully saturated rings. The molecule has 2 heterocycles. The number of hydrogen-bond acceptors (Lipinski definition) is 16. The first-order chi connectivity index (χ1) is 31.0. The smallest absolute Gasteiger partial charge is 0.408 e. The lowest BCUT2D eigenvalue weighted by Gasteiger charge is -2.39. The van der Waals surface area contributed by atoms with E-state index in [0.29, 0.717) is 6.04 Å². The average molecular weight is 950 g/mol. The summed E-state index contributed by atoms with van der Waals surface area (Å²) in [5.41, 5.74) is 9.37. The summed E-state index contributed by atoms with van der Waals surface area (Å²) < 4.78 is 44.4. The summed E-state index contributed by atoms with van der Waals surface area (Å²) in [7, 11) is 0.675. The second kappa shape index (κ2) is 26.1. The number of carbonyl (C=O) groups is 7. The van der Waals surface area contributed by atoms with Crippen molar-refractivity contribution in [1.82, 2.24) is 21.3 Å². The van der Waals surface area contributed by atoms with E-state index >= 15 is 0 Å². The van der Waals surface area contributed by atoms with Gasteiger partial charge in [0.05, 0.1) is 34.0 Å². The molecule has 1 aromatic carbocycles. The molecule has 4 amide bonds. The van der Waals surface area contributed by atoms with Crippen LogP contribution in [0.15, 0.2) is 35.4 Å². The third kappa shape index (κ3) is 18.5. The minimum Gasteiger partial charge on any atom is -0.467 e. The third-order valence-electron chi connectivity index (χ3n) is 10.3. The van der Waals surface area contributed by atoms with Crippen molar-refractivity contribution in [3.8, 4) is 0 Å². The number of carbonyl (C=O) groups excluding carboxylic acids is 7. The van der Waals surface area contributed by atoms with E-state index in [1.807, 2.05) is 30.3 Å². The molecule has 10 atom stereocenters. The Morgan fingerprint density at radius 2 is 1.47 bits per heavy atom. The Balaban J connectivity index is 1.63. The van der Waals surface area contributed by atoms with Crippen molar-refractivity contribution in [3.05, 3.63) is 46.3 Å². The van der Waals surface area contributed by atoms with Gasteiger partial charge in [-0.15, -0.1) is 0 Å². The molecule has 0 radical (unpaired) electrons. The second-order valence-corrected chi connectivity index (χ2v) is 23.8. The fourth-order valence-electron chi connectivity index (χ4n) is 6.76. The fraction of sp³-hybridized carbons (Fsp3) is 0.698. The van der Waals surface area contributed by atoms with Gasteiger partial charge in [-0.25, -0.2) is 19.2 Å². The van der Waals surface area contributed by atoms with E-state index in [9.17, 15) is 39.1 Å². The molecule has 368 valence electrons. The van der Waals surface area contributed by atoms with E-state index in [1.165, 1.54) is 21.0 Å². The minimum absolute atomic E-state index is 0.00849. The predicted molar refractivity (Wildman–Crippen MR) is 238 cm³/mol. The predicted octanol–water partition coefficient (Wildman–Crippen LogP) is 3.33. The van der Waals surface area contributed by atoms with Gasteiger partial charge in [0, 0.05) is 19.4 Å². The zero-order chi connectivity index (χ0) is 49.2. The van der Waals surface area contributed by atoms with Crippen LogP contribution >= 0.6 is 0 Å². The van der Waals surface area contributed by atoms with Gasteiger partial charge in [-0.05, 0) is 77.4 Å². The van der Waals surface area contributed by atoms with Crippen LogP contribution in [0, 0.1) is 0 Å². The number of amides is 4. The minimum atomic E-state index is -1.59. The van der Waals surface area contributed by atoms with Crippen molar-refractivity contribution in [3.63, 3.8) is 0 Å². The summed E-state index contributed by atoms with van der Waals surface area (Å²) in [6.45, 7) is 14.6. The molecule has 0 spiro atoms. The topological polar surface area (TPSA) is 290 Å². The monoisotopic (exact) mass is 949 g/mol. The van der Waals surface area contributed by atoms with E-state index < -0.39 is 116 Å². The molecule has 1 aromatic rings. The molecule has 0 unspecified atom stereocenters. The molecule has 0 saturated carbocycles. The lowest BCUT2D eigenvalue weighted by atomic mass is 9.98. The Labute approximate surface area is 386 Å². The number of benzene rings is 1. The average Bonchev–Trinajstić information content (AvgIpc) is 3.69. The molecule has 66 heavy (non-hydrogen) atoms. The Morgan fingerprint density at radius 3 is 2.06 bits per heavy atom. The highest BCUT2D eigenvalue weighted by molar-refractivity contribution is 6.76. The summed E-state index contributed by atoms with van der Waals surface area (Å²) in [5.74, 6) is -4.48. The van der Waals surface area contributed by atoms with Crippen LogP contribution < -0.4 is 21.3 Å². The van der Waals surface area contributed by atoms with E-state index in [1.54, 1.807) is 20.8 Å². The number of rotatable bonds is 25. The lowest BCUT2D eigenvalue weighted by molar-refractivity contribution is -0.218. The number of esters is 3. The van der Waals surface area contributed by atoms with Crippen LogP contribution in [0.5, 0.6) is 0 Å². The lowest BCUT2D eigenvalue weighted by Crippen LogP contribution is -2.58. The highest BCUT2D eigenvalue weighted by Gasteiger charge is 2.52. The van der Waals surface area contributed by atoms with Crippen LogP contribution in [-0.4, -0.2) is 144 Å². The number of nitrogens with one attached hydrogen (secondary N) is 4. The van der Waals surface area contributed by atoms with Gasteiger partial charge in [0.15, 0.2) is 6.29 Å². The normalized spacial score (nSPS) is 21.3. The maximum absolute atomic E-state index is 13.4. The van der Waals surface area contributed by atoms with Crippen LogP contribution in [0.25, 0.3) is 10.4 Å². The molecule has 0 aromatic heterocycles. The van der Waals surface area contributed by atoms with Gasteiger partial charge in [-0.2, -0.15) is 0 Å². The van der Waals surface area contributed by atoms with Gasteiger partial charge in [0.1, 0.15) is 60.2 Å². The van der Waals surface area contributed by atoms with Gasteiger partial charge in [0.2, 0.25) is 17.7 Å². The summed E-state index contributed by atoms with van der Waals surface area (Å²) in [6.07, 6.45) is -5.74. The first-order valence-corrected chi connectivity index (χ1v) is 25.6. The molecule has 22 nitrogen and oxygen atoms in total. The maximum atomic E-state index is 13.4. The van der Waals surface area contributed by atoms with Gasteiger partial charge in [0.25, 0.3) is 0 Å².